The Morgan fingerprint density at radius 1 is 1.00 bits per heavy atom. The van der Waals surface area contributed by atoms with Gasteiger partial charge in [-0.3, -0.25) is 9.69 Å². The summed E-state index contributed by atoms with van der Waals surface area (Å²) in [4.78, 5) is 50.8. The molecule has 11 nitrogen and oxygen atoms in total. The van der Waals surface area contributed by atoms with Gasteiger partial charge in [-0.15, -0.1) is 11.3 Å². The molecule has 5 amide bonds. The summed E-state index contributed by atoms with van der Waals surface area (Å²) in [5.41, 5.74) is 0.947. The number of urea groups is 2. The van der Waals surface area contributed by atoms with Crippen molar-refractivity contribution in [3.05, 3.63) is 44.6 Å². The number of thiophene rings is 1. The van der Waals surface area contributed by atoms with Crippen LogP contribution < -0.4 is 16.0 Å². The number of halogens is 4. The predicted octanol–water partition coefficient (Wildman–Crippen LogP) is 4.83. The molecule has 1 aromatic carbocycles. The van der Waals surface area contributed by atoms with Crippen molar-refractivity contribution in [2.45, 2.75) is 63.0 Å². The second kappa shape index (κ2) is 14.4. The minimum absolute atomic E-state index is 0.0503. The smallest absolute Gasteiger partial charge is 0.386 e. The van der Waals surface area contributed by atoms with Crippen molar-refractivity contribution >= 4 is 52.3 Å². The highest BCUT2D eigenvalue weighted by Crippen LogP contribution is 2.40. The number of carbonyl (C=O) groups is 3. The Morgan fingerprint density at radius 3 is 2.36 bits per heavy atom. The van der Waals surface area contributed by atoms with Crippen LogP contribution in [0.2, 0.25) is 5.02 Å². The maximum absolute atomic E-state index is 14.1. The van der Waals surface area contributed by atoms with Gasteiger partial charge in [0.15, 0.2) is 0 Å². The highest BCUT2D eigenvalue weighted by Gasteiger charge is 2.41. The molecule has 1 unspecified atom stereocenters. The van der Waals surface area contributed by atoms with E-state index in [1.54, 1.807) is 9.80 Å². The van der Waals surface area contributed by atoms with E-state index >= 15 is 0 Å². The summed E-state index contributed by atoms with van der Waals surface area (Å²) in [6.07, 6.45) is -1.29. The molecule has 6 aliphatic rings. The second-order valence-electron chi connectivity index (χ2n) is 14.1. The lowest BCUT2D eigenvalue weighted by Gasteiger charge is -2.51. The van der Waals surface area contributed by atoms with E-state index in [0.29, 0.717) is 70.6 Å². The third-order valence-corrected chi connectivity index (χ3v) is 12.3. The predicted molar refractivity (Wildman–Crippen MR) is 187 cm³/mol. The maximum atomic E-state index is 14.1. The minimum Gasteiger partial charge on any atom is -0.386 e. The number of piperazine rings is 1. The van der Waals surface area contributed by atoms with Crippen molar-refractivity contribution in [1.82, 2.24) is 29.8 Å². The SMILES string of the molecule is CNc1c(Cl)cc(C[C@@H](NC(=O)N2CCC(N3Cc4cscc4NC3=O)CC2)C(=O)N2CCN(C3CN4CCC3CC4)CC2)cc1C(F)(F)F. The number of piperidine rings is 4. The molecule has 0 aliphatic carbocycles. The molecular formula is C34H44ClF3N8O3S. The summed E-state index contributed by atoms with van der Waals surface area (Å²) in [5, 5.41) is 12.2. The fourth-order valence-electron chi connectivity index (χ4n) is 8.45. The average molecular weight is 737 g/mol. The first-order chi connectivity index (χ1) is 24.0. The van der Waals surface area contributed by atoms with Gasteiger partial charge < -0.3 is 35.6 Å². The number of fused-ring (bicyclic) bond motifs is 4. The van der Waals surface area contributed by atoms with Gasteiger partial charge in [0.1, 0.15) is 6.04 Å². The van der Waals surface area contributed by atoms with Crippen LogP contribution in [0.5, 0.6) is 0 Å². The summed E-state index contributed by atoms with van der Waals surface area (Å²) in [6, 6.07) is 1.16. The molecule has 6 aliphatic heterocycles. The van der Waals surface area contributed by atoms with Gasteiger partial charge in [0.25, 0.3) is 0 Å². The van der Waals surface area contributed by atoms with E-state index in [0.717, 1.165) is 37.0 Å². The number of anilines is 2. The third kappa shape index (κ3) is 7.24. The Kier molecular flexibility index (Phi) is 10.1. The molecule has 5 saturated heterocycles. The standard InChI is InChI=1S/C34H44ClF3N8O3S/c1-39-30-25(34(36,37)38)14-21(15-26(30)35)16-27(31(47)44-12-10-43(11-13-44)29-18-42-6-2-22(29)3-7-42)40-32(48)45-8-4-24(5-9-45)46-17-23-19-50-20-28(23)41-33(46)49/h14-15,19-20,22,24,27,29,39H,2-13,16-18H2,1H3,(H,40,48)(H,41,49)/t27-,29?/m1/s1. The van der Waals surface area contributed by atoms with E-state index in [1.807, 2.05) is 15.7 Å². The van der Waals surface area contributed by atoms with Gasteiger partial charge >= 0.3 is 18.2 Å². The fourth-order valence-corrected chi connectivity index (χ4v) is 9.57. The molecule has 7 heterocycles. The van der Waals surface area contributed by atoms with Crippen LogP contribution >= 0.6 is 22.9 Å². The zero-order valence-electron chi connectivity index (χ0n) is 28.1. The monoisotopic (exact) mass is 736 g/mol. The number of hydrogen-bond donors (Lipinski definition) is 3. The van der Waals surface area contributed by atoms with Gasteiger partial charge in [0, 0.05) is 82.3 Å². The molecule has 2 aromatic rings. The van der Waals surface area contributed by atoms with E-state index in [9.17, 15) is 27.6 Å². The molecule has 8 rings (SSSR count). The van der Waals surface area contributed by atoms with Crippen LogP contribution in [0.1, 0.15) is 42.4 Å². The Morgan fingerprint density at radius 2 is 1.72 bits per heavy atom. The Labute approximate surface area is 299 Å². The van der Waals surface area contributed by atoms with Gasteiger partial charge in [0.2, 0.25) is 5.91 Å². The second-order valence-corrected chi connectivity index (χ2v) is 15.3. The number of alkyl halides is 3. The van der Waals surface area contributed by atoms with Crippen LogP contribution in [-0.2, 0) is 23.9 Å². The van der Waals surface area contributed by atoms with Crippen LogP contribution in [0.15, 0.2) is 22.9 Å². The zero-order chi connectivity index (χ0) is 35.2. The number of likely N-dealkylation sites (tertiary alicyclic amines) is 1. The van der Waals surface area contributed by atoms with Gasteiger partial charge in [-0.2, -0.15) is 13.2 Å². The summed E-state index contributed by atoms with van der Waals surface area (Å²) in [5.74, 6) is 0.352. The minimum atomic E-state index is -4.67. The maximum Gasteiger partial charge on any atom is 0.418 e. The molecule has 2 atom stereocenters. The van der Waals surface area contributed by atoms with Crippen molar-refractivity contribution in [3.63, 3.8) is 0 Å². The molecule has 0 saturated carbocycles. The van der Waals surface area contributed by atoms with Gasteiger partial charge in [-0.1, -0.05) is 11.6 Å². The molecule has 272 valence electrons. The van der Waals surface area contributed by atoms with Crippen LogP contribution in [0, 0.1) is 5.92 Å². The Balaban J connectivity index is 1.04. The van der Waals surface area contributed by atoms with Crippen LogP contribution in [-0.4, -0.2) is 127 Å². The molecule has 3 N–H and O–H groups in total. The average Bonchev–Trinajstić information content (AvgIpc) is 3.58. The molecule has 0 radical (unpaired) electrons. The summed E-state index contributed by atoms with van der Waals surface area (Å²) < 4.78 is 42.1. The van der Waals surface area contributed by atoms with Crippen molar-refractivity contribution in [1.29, 1.82) is 0 Å². The van der Waals surface area contributed by atoms with E-state index in [1.165, 1.54) is 37.3 Å². The lowest BCUT2D eigenvalue weighted by atomic mass is 9.83. The first-order valence-corrected chi connectivity index (χ1v) is 18.8. The first kappa shape index (κ1) is 35.1. The van der Waals surface area contributed by atoms with Gasteiger partial charge in [0.05, 0.1) is 28.5 Å². The van der Waals surface area contributed by atoms with E-state index in [-0.39, 0.29) is 40.7 Å². The number of benzene rings is 1. The number of amides is 5. The Bertz CT molecular complexity index is 1590. The lowest BCUT2D eigenvalue weighted by molar-refractivity contribution is -0.137. The largest absolute Gasteiger partial charge is 0.418 e. The summed E-state index contributed by atoms with van der Waals surface area (Å²) in [6.45, 7) is 7.01. The first-order valence-electron chi connectivity index (χ1n) is 17.5. The topological polar surface area (TPSA) is 103 Å². The normalized spacial score (nSPS) is 25.3. The number of rotatable bonds is 7. The van der Waals surface area contributed by atoms with Crippen molar-refractivity contribution in [2.75, 3.05) is 76.6 Å². The third-order valence-electron chi connectivity index (χ3n) is 11.2. The summed E-state index contributed by atoms with van der Waals surface area (Å²) in [7, 11) is 1.37. The van der Waals surface area contributed by atoms with Gasteiger partial charge in [-0.25, -0.2) is 9.59 Å². The van der Waals surface area contributed by atoms with Crippen molar-refractivity contribution in [3.8, 4) is 0 Å². The molecule has 2 bridgehead atoms. The number of nitrogens with one attached hydrogen (secondary N) is 3. The molecular weight excluding hydrogens is 693 g/mol. The van der Waals surface area contributed by atoms with Crippen LogP contribution in [0.4, 0.5) is 34.1 Å². The quantitative estimate of drug-likeness (QED) is 0.377. The van der Waals surface area contributed by atoms with E-state index < -0.39 is 23.8 Å². The molecule has 0 spiro atoms. The molecule has 50 heavy (non-hydrogen) atoms. The Hall–Kier alpha value is -3.27. The zero-order valence-corrected chi connectivity index (χ0v) is 29.7. The highest BCUT2D eigenvalue weighted by atomic mass is 35.5. The number of nitrogens with zero attached hydrogens (tertiary/aromatic N) is 5. The highest BCUT2D eigenvalue weighted by molar-refractivity contribution is 7.08. The van der Waals surface area contributed by atoms with E-state index in [2.05, 4.69) is 25.8 Å². The van der Waals surface area contributed by atoms with Crippen LogP contribution in [0.3, 0.4) is 0 Å². The van der Waals surface area contributed by atoms with Gasteiger partial charge in [-0.05, 0) is 67.8 Å². The number of hydrogen-bond acceptors (Lipinski definition) is 7. The van der Waals surface area contributed by atoms with Crippen molar-refractivity contribution < 1.29 is 27.6 Å². The summed E-state index contributed by atoms with van der Waals surface area (Å²) >= 11 is 7.85. The molecule has 5 fully saturated rings. The lowest BCUT2D eigenvalue weighted by Crippen LogP contribution is -2.63. The van der Waals surface area contributed by atoms with Crippen LogP contribution in [0.25, 0.3) is 0 Å². The fraction of sp³-hybridized carbons (Fsp3) is 0.618. The molecule has 16 heteroatoms. The molecule has 1 aromatic heterocycles. The number of carbonyl (C=O) groups excluding carboxylic acids is 3. The van der Waals surface area contributed by atoms with Crippen molar-refractivity contribution in [2.24, 2.45) is 5.92 Å². The van der Waals surface area contributed by atoms with E-state index in [4.69, 9.17) is 11.6 Å².